The van der Waals surface area contributed by atoms with Crippen LogP contribution >= 0.6 is 0 Å². The zero-order valence-electron chi connectivity index (χ0n) is 18.7. The van der Waals surface area contributed by atoms with Gasteiger partial charge in [0.2, 0.25) is 17.8 Å². The number of H-pyrrole nitrogens is 1. The van der Waals surface area contributed by atoms with Crippen LogP contribution in [0.2, 0.25) is 0 Å². The fourth-order valence-corrected chi connectivity index (χ4v) is 3.53. The molecule has 7 nitrogen and oxygen atoms in total. The van der Waals surface area contributed by atoms with Crippen molar-refractivity contribution in [1.82, 2.24) is 20.3 Å². The highest BCUT2D eigenvalue weighted by Gasteiger charge is 2.09. The number of hydrogen-bond donors (Lipinski definition) is 3. The van der Waals surface area contributed by atoms with Gasteiger partial charge in [-0.05, 0) is 44.4 Å². The number of para-hydroxylation sites is 1. The molecule has 2 aromatic heterocycles. The average Bonchev–Trinajstić information content (AvgIpc) is 3.14. The summed E-state index contributed by atoms with van der Waals surface area (Å²) in [5, 5.41) is 7.21. The van der Waals surface area contributed by atoms with E-state index < -0.39 is 0 Å². The van der Waals surface area contributed by atoms with Gasteiger partial charge in [0.1, 0.15) is 0 Å². The third kappa shape index (κ3) is 6.91. The number of rotatable bonds is 9. The van der Waals surface area contributed by atoms with Crippen LogP contribution in [0.15, 0.2) is 41.5 Å². The lowest BCUT2D eigenvalue weighted by Gasteiger charge is -2.11. The van der Waals surface area contributed by atoms with Gasteiger partial charge in [0.25, 0.3) is 0 Å². The first-order chi connectivity index (χ1) is 15.0. The molecule has 7 heteroatoms. The standard InChI is InChI=1S/C24H32N6O/c1-4-5-6-7-12-22(31)29-23(30-24-27-17(2)15-18(3)28-24)25-14-13-19-16-26-21-11-9-8-10-20(19)21/h8-11,15-16,26H,4-7,12-14H2,1-3H3,(H2,25,27,28,29,30,31). The van der Waals surface area contributed by atoms with Gasteiger partial charge in [-0.15, -0.1) is 0 Å². The van der Waals surface area contributed by atoms with Crippen LogP contribution in [0.25, 0.3) is 10.9 Å². The predicted octanol–water partition coefficient (Wildman–Crippen LogP) is 4.67. The first-order valence-corrected chi connectivity index (χ1v) is 11.0. The molecule has 3 aromatic rings. The van der Waals surface area contributed by atoms with Crippen LogP contribution in [0.1, 0.15) is 56.0 Å². The zero-order valence-corrected chi connectivity index (χ0v) is 18.7. The van der Waals surface area contributed by atoms with Crippen molar-refractivity contribution in [2.24, 2.45) is 4.99 Å². The second-order valence-corrected chi connectivity index (χ2v) is 7.80. The van der Waals surface area contributed by atoms with Crippen molar-refractivity contribution in [1.29, 1.82) is 0 Å². The van der Waals surface area contributed by atoms with Gasteiger partial charge in [-0.25, -0.2) is 9.97 Å². The van der Waals surface area contributed by atoms with E-state index in [9.17, 15) is 4.79 Å². The van der Waals surface area contributed by atoms with Crippen LogP contribution in [0.5, 0.6) is 0 Å². The highest BCUT2D eigenvalue weighted by Crippen LogP contribution is 2.18. The van der Waals surface area contributed by atoms with Crippen LogP contribution in [-0.2, 0) is 11.2 Å². The predicted molar refractivity (Wildman–Crippen MR) is 126 cm³/mol. The molecule has 3 N–H and O–H groups in total. The van der Waals surface area contributed by atoms with E-state index in [1.165, 1.54) is 10.9 Å². The third-order valence-corrected chi connectivity index (χ3v) is 5.05. The number of guanidine groups is 1. The Hall–Kier alpha value is -3.22. The Morgan fingerprint density at radius 2 is 1.87 bits per heavy atom. The fraction of sp³-hybridized carbons (Fsp3) is 0.417. The third-order valence-electron chi connectivity index (χ3n) is 5.05. The number of carbonyl (C=O) groups is 1. The molecule has 0 aliphatic rings. The number of anilines is 1. The molecule has 164 valence electrons. The number of aryl methyl sites for hydroxylation is 2. The largest absolute Gasteiger partial charge is 0.361 e. The number of amides is 1. The molecule has 0 atom stereocenters. The molecule has 0 bridgehead atoms. The second kappa shape index (κ2) is 11.2. The summed E-state index contributed by atoms with van der Waals surface area (Å²) in [4.78, 5) is 29.2. The Balaban J connectivity index is 1.68. The Labute approximate surface area is 183 Å². The van der Waals surface area contributed by atoms with Crippen molar-refractivity contribution in [2.45, 2.75) is 59.3 Å². The van der Waals surface area contributed by atoms with Gasteiger partial charge < -0.3 is 4.98 Å². The first kappa shape index (κ1) is 22.5. The number of nitrogens with zero attached hydrogens (tertiary/aromatic N) is 3. The molecule has 0 aliphatic carbocycles. The Kier molecular flexibility index (Phi) is 8.15. The molecule has 0 spiro atoms. The van der Waals surface area contributed by atoms with E-state index in [1.54, 1.807) is 0 Å². The van der Waals surface area contributed by atoms with E-state index in [0.717, 1.165) is 49.0 Å². The highest BCUT2D eigenvalue weighted by molar-refractivity contribution is 6.03. The summed E-state index contributed by atoms with van der Waals surface area (Å²) >= 11 is 0. The molecule has 0 saturated carbocycles. The van der Waals surface area contributed by atoms with Gasteiger partial charge in [-0.2, -0.15) is 0 Å². The van der Waals surface area contributed by atoms with E-state index in [2.05, 4.69) is 49.6 Å². The van der Waals surface area contributed by atoms with Crippen molar-refractivity contribution in [3.05, 3.63) is 53.5 Å². The summed E-state index contributed by atoms with van der Waals surface area (Å²) in [5.74, 6) is 0.791. The topological polar surface area (TPSA) is 95.1 Å². The lowest BCUT2D eigenvalue weighted by atomic mass is 10.1. The summed E-state index contributed by atoms with van der Waals surface area (Å²) in [5.41, 5.74) is 4.04. The molecular formula is C24H32N6O. The van der Waals surface area contributed by atoms with Gasteiger partial charge >= 0.3 is 0 Å². The minimum absolute atomic E-state index is 0.0428. The summed E-state index contributed by atoms with van der Waals surface area (Å²) in [6.07, 6.45) is 7.49. The number of carbonyl (C=O) groups excluding carboxylic acids is 1. The second-order valence-electron chi connectivity index (χ2n) is 7.80. The van der Waals surface area contributed by atoms with E-state index in [-0.39, 0.29) is 5.91 Å². The monoisotopic (exact) mass is 420 g/mol. The summed E-state index contributed by atoms with van der Waals surface area (Å²) in [6.45, 7) is 6.53. The van der Waals surface area contributed by atoms with Crippen LogP contribution in [0.4, 0.5) is 5.95 Å². The maximum atomic E-state index is 12.4. The van der Waals surface area contributed by atoms with Crippen molar-refractivity contribution in [3.8, 4) is 0 Å². The lowest BCUT2D eigenvalue weighted by Crippen LogP contribution is -2.36. The number of unbranched alkanes of at least 4 members (excludes halogenated alkanes) is 3. The number of nitrogens with one attached hydrogen (secondary N) is 3. The van der Waals surface area contributed by atoms with Crippen molar-refractivity contribution >= 4 is 28.7 Å². The normalized spacial score (nSPS) is 11.6. The van der Waals surface area contributed by atoms with Gasteiger partial charge in [-0.1, -0.05) is 44.4 Å². The van der Waals surface area contributed by atoms with Crippen molar-refractivity contribution in [3.63, 3.8) is 0 Å². The fourth-order valence-electron chi connectivity index (χ4n) is 3.53. The van der Waals surface area contributed by atoms with E-state index in [4.69, 9.17) is 0 Å². The van der Waals surface area contributed by atoms with E-state index in [0.29, 0.717) is 24.9 Å². The van der Waals surface area contributed by atoms with Crippen LogP contribution in [0, 0.1) is 13.8 Å². The minimum Gasteiger partial charge on any atom is -0.361 e. The molecular weight excluding hydrogens is 388 g/mol. The Morgan fingerprint density at radius 1 is 1.10 bits per heavy atom. The molecule has 0 aliphatic heterocycles. The van der Waals surface area contributed by atoms with E-state index >= 15 is 0 Å². The number of aliphatic imine (C=N–C) groups is 1. The maximum absolute atomic E-state index is 12.4. The van der Waals surface area contributed by atoms with E-state index in [1.807, 2.05) is 38.2 Å². The summed E-state index contributed by atoms with van der Waals surface area (Å²) in [6, 6.07) is 10.1. The number of hydrogen-bond acceptors (Lipinski definition) is 4. The molecule has 0 radical (unpaired) electrons. The number of fused-ring (bicyclic) bond motifs is 1. The molecule has 0 saturated heterocycles. The van der Waals surface area contributed by atoms with Crippen LogP contribution in [-0.4, -0.2) is 33.4 Å². The first-order valence-electron chi connectivity index (χ1n) is 11.0. The van der Waals surface area contributed by atoms with Gasteiger partial charge in [0, 0.05) is 41.5 Å². The van der Waals surface area contributed by atoms with Crippen molar-refractivity contribution in [2.75, 3.05) is 11.9 Å². The van der Waals surface area contributed by atoms with Gasteiger partial charge in [0.15, 0.2) is 0 Å². The van der Waals surface area contributed by atoms with Crippen LogP contribution < -0.4 is 10.6 Å². The molecule has 2 heterocycles. The lowest BCUT2D eigenvalue weighted by molar-refractivity contribution is -0.119. The SMILES string of the molecule is CCCCCCC(=O)NC(=NCCc1c[nH]c2ccccc12)Nc1nc(C)cc(C)n1. The Morgan fingerprint density at radius 3 is 2.65 bits per heavy atom. The van der Waals surface area contributed by atoms with Crippen molar-refractivity contribution < 1.29 is 4.79 Å². The van der Waals surface area contributed by atoms with Crippen LogP contribution in [0.3, 0.4) is 0 Å². The number of benzene rings is 1. The minimum atomic E-state index is -0.0428. The highest BCUT2D eigenvalue weighted by atomic mass is 16.1. The molecule has 0 fully saturated rings. The number of aromatic amines is 1. The maximum Gasteiger partial charge on any atom is 0.229 e. The molecule has 0 unspecified atom stereocenters. The molecule has 1 amide bonds. The van der Waals surface area contributed by atoms with Gasteiger partial charge in [0.05, 0.1) is 0 Å². The zero-order chi connectivity index (χ0) is 22.1. The molecule has 3 rings (SSSR count). The number of aromatic nitrogens is 3. The Bertz CT molecular complexity index is 1020. The molecule has 1 aromatic carbocycles. The quantitative estimate of drug-likeness (QED) is 0.266. The summed E-state index contributed by atoms with van der Waals surface area (Å²) in [7, 11) is 0. The molecule has 31 heavy (non-hydrogen) atoms. The summed E-state index contributed by atoms with van der Waals surface area (Å²) < 4.78 is 0. The average molecular weight is 421 g/mol. The smallest absolute Gasteiger partial charge is 0.229 e. The van der Waals surface area contributed by atoms with Gasteiger partial charge in [-0.3, -0.25) is 20.4 Å².